The van der Waals surface area contributed by atoms with Gasteiger partial charge in [0.2, 0.25) is 5.82 Å². The molecule has 0 radical (unpaired) electrons. The van der Waals surface area contributed by atoms with Gasteiger partial charge in [-0.1, -0.05) is 13.0 Å². The molecule has 1 aliphatic heterocycles. The zero-order valence-electron chi connectivity index (χ0n) is 20.9. The number of pyridine rings is 1. The molecule has 2 aromatic rings. The summed E-state index contributed by atoms with van der Waals surface area (Å²) in [6, 6.07) is 6.37. The molecule has 13 heteroatoms. The van der Waals surface area contributed by atoms with E-state index >= 15 is 4.39 Å². The normalized spacial score (nSPS) is 25.5. The van der Waals surface area contributed by atoms with E-state index in [1.54, 1.807) is 0 Å². The van der Waals surface area contributed by atoms with E-state index in [1.165, 1.54) is 19.2 Å². The summed E-state index contributed by atoms with van der Waals surface area (Å²) in [6.07, 6.45) is -4.13. The number of hydrogen-bond donors (Lipinski definition) is 2. The first-order chi connectivity index (χ1) is 18.2. The largest absolute Gasteiger partial charge is 0.490 e. The van der Waals surface area contributed by atoms with Crippen LogP contribution in [0.2, 0.25) is 0 Å². The molecular weight excluding hydrogens is 527 g/mol. The highest BCUT2D eigenvalue weighted by molar-refractivity contribution is 5.97. The molecule has 1 saturated heterocycles. The maximum absolute atomic E-state index is 15.0. The number of rotatable bonds is 8. The molecule has 208 valence electrons. The van der Waals surface area contributed by atoms with Gasteiger partial charge in [0.15, 0.2) is 17.2 Å². The van der Waals surface area contributed by atoms with Crippen LogP contribution in [0.3, 0.4) is 0 Å². The summed E-state index contributed by atoms with van der Waals surface area (Å²) in [5, 5.41) is 11.7. The van der Waals surface area contributed by atoms with E-state index in [9.17, 15) is 32.4 Å². The third-order valence-electron chi connectivity index (χ3n) is 7.56. The summed E-state index contributed by atoms with van der Waals surface area (Å²) in [5.41, 5.74) is 1.35. The van der Waals surface area contributed by atoms with Crippen molar-refractivity contribution in [2.45, 2.75) is 56.9 Å². The number of hydrogen-bond acceptors (Lipinski definition) is 6. The molecule has 1 saturated carbocycles. The van der Waals surface area contributed by atoms with Gasteiger partial charge in [-0.3, -0.25) is 14.6 Å². The number of nitriles is 1. The number of alkyl halides is 3. The average Bonchev–Trinajstić information content (AvgIpc) is 3.60. The predicted molar refractivity (Wildman–Crippen MR) is 126 cm³/mol. The number of nitrogens with two attached hydrogens (primary N) is 1. The average molecular weight is 553 g/mol. The van der Waals surface area contributed by atoms with Gasteiger partial charge in [-0.15, -0.1) is 0 Å². The molecule has 1 aromatic carbocycles. The van der Waals surface area contributed by atoms with Crippen molar-refractivity contribution in [2.75, 3.05) is 11.9 Å². The number of aromatic nitrogens is 1. The maximum atomic E-state index is 15.0. The van der Waals surface area contributed by atoms with Crippen LogP contribution in [0.25, 0.3) is 0 Å². The van der Waals surface area contributed by atoms with Gasteiger partial charge in [-0.25, -0.2) is 4.39 Å². The minimum Gasteiger partial charge on any atom is -0.490 e. The van der Waals surface area contributed by atoms with Gasteiger partial charge in [-0.2, -0.15) is 22.8 Å². The van der Waals surface area contributed by atoms with Crippen LogP contribution >= 0.6 is 0 Å². The first kappa shape index (κ1) is 28.2. The number of halogens is 5. The van der Waals surface area contributed by atoms with Gasteiger partial charge in [-0.05, 0) is 38.0 Å². The van der Waals surface area contributed by atoms with Crippen LogP contribution in [0.5, 0.6) is 5.75 Å². The van der Waals surface area contributed by atoms with Crippen molar-refractivity contribution in [3.8, 4) is 11.8 Å². The quantitative estimate of drug-likeness (QED) is 0.461. The highest BCUT2D eigenvalue weighted by atomic mass is 19.4. The summed E-state index contributed by atoms with van der Waals surface area (Å²) in [7, 11) is 0. The lowest BCUT2D eigenvalue weighted by molar-refractivity contribution is -0.272. The Hall–Kier alpha value is -3.79. The third-order valence-corrected chi connectivity index (χ3v) is 7.56. The van der Waals surface area contributed by atoms with Gasteiger partial charge in [0.05, 0.1) is 18.1 Å². The van der Waals surface area contributed by atoms with Gasteiger partial charge >= 0.3 is 6.18 Å². The van der Waals surface area contributed by atoms with E-state index in [2.05, 4.69) is 16.4 Å². The Morgan fingerprint density at radius 2 is 1.97 bits per heavy atom. The molecule has 2 heterocycles. The lowest BCUT2D eigenvalue weighted by atomic mass is 9.77. The Balaban J connectivity index is 1.72. The number of ether oxygens (including phenoxy) is 2. The summed E-state index contributed by atoms with van der Waals surface area (Å²) in [6.45, 7) is 1.78. The van der Waals surface area contributed by atoms with E-state index in [4.69, 9.17) is 15.2 Å². The fourth-order valence-corrected chi connectivity index (χ4v) is 4.75. The van der Waals surface area contributed by atoms with E-state index in [1.807, 2.05) is 0 Å². The van der Waals surface area contributed by atoms with E-state index in [-0.39, 0.29) is 30.0 Å². The second-order valence-corrected chi connectivity index (χ2v) is 10.0. The first-order valence-corrected chi connectivity index (χ1v) is 12.1. The smallest absolute Gasteiger partial charge is 0.417 e. The van der Waals surface area contributed by atoms with Crippen molar-refractivity contribution in [2.24, 2.45) is 17.1 Å². The van der Waals surface area contributed by atoms with Crippen molar-refractivity contribution in [3.63, 3.8) is 0 Å². The van der Waals surface area contributed by atoms with Crippen LogP contribution in [0.4, 0.5) is 27.6 Å². The molecule has 0 bridgehead atoms. The van der Waals surface area contributed by atoms with E-state index < -0.39 is 64.3 Å². The standard InChI is InChI=1S/C26H25F5N4O4/c1-13-18(15-3-4-16(27)19(28)20(15)38-10-8-25(12-32)6-7-25)21(39-24(13,2)26(29,30)31)23(37)35-14-5-9-34-17(11-14)22(33)36/h3-5,9,11,13,18,21H,6-8,10H2,1-2H3,(H2,33,36)(H,34,35,37)/t13-,18-,21+,24+/m0/s1. The van der Waals surface area contributed by atoms with Crippen LogP contribution in [0.1, 0.15) is 55.1 Å². The van der Waals surface area contributed by atoms with Crippen LogP contribution in [0.15, 0.2) is 30.5 Å². The molecule has 1 aliphatic carbocycles. The zero-order valence-corrected chi connectivity index (χ0v) is 20.9. The highest BCUT2D eigenvalue weighted by Crippen LogP contribution is 2.55. The van der Waals surface area contributed by atoms with Gasteiger partial charge in [0, 0.05) is 35.7 Å². The molecule has 39 heavy (non-hydrogen) atoms. The molecule has 4 atom stereocenters. The molecule has 1 aromatic heterocycles. The van der Waals surface area contributed by atoms with Crippen LogP contribution in [-0.2, 0) is 9.53 Å². The zero-order chi connectivity index (χ0) is 28.8. The fraction of sp³-hybridized carbons (Fsp3) is 0.462. The van der Waals surface area contributed by atoms with Crippen molar-refractivity contribution in [1.82, 2.24) is 4.98 Å². The second-order valence-electron chi connectivity index (χ2n) is 10.0. The second kappa shape index (κ2) is 10.1. The Labute approximate surface area is 220 Å². The first-order valence-electron chi connectivity index (χ1n) is 12.1. The number of primary amides is 1. The fourth-order valence-electron chi connectivity index (χ4n) is 4.75. The topological polar surface area (TPSA) is 127 Å². The van der Waals surface area contributed by atoms with E-state index in [0.717, 1.165) is 25.1 Å². The van der Waals surface area contributed by atoms with Gasteiger partial charge in [0.1, 0.15) is 11.8 Å². The van der Waals surface area contributed by atoms with Crippen molar-refractivity contribution in [3.05, 3.63) is 53.4 Å². The van der Waals surface area contributed by atoms with E-state index in [0.29, 0.717) is 12.8 Å². The van der Waals surface area contributed by atoms with Gasteiger partial charge in [0.25, 0.3) is 11.8 Å². The van der Waals surface area contributed by atoms with Crippen molar-refractivity contribution >= 4 is 17.5 Å². The molecule has 3 N–H and O–H groups in total. The third kappa shape index (κ3) is 5.25. The molecule has 0 unspecified atom stereocenters. The van der Waals surface area contributed by atoms with Crippen molar-refractivity contribution < 1.29 is 41.0 Å². The predicted octanol–water partition coefficient (Wildman–Crippen LogP) is 4.61. The minimum absolute atomic E-state index is 0.00686. The molecule has 2 amide bonds. The number of nitrogens with zero attached hydrogens (tertiary/aromatic N) is 2. The molecule has 0 spiro atoms. The molecule has 8 nitrogen and oxygen atoms in total. The minimum atomic E-state index is -4.93. The van der Waals surface area contributed by atoms with Crippen LogP contribution < -0.4 is 15.8 Å². The number of carbonyl (C=O) groups is 2. The number of anilines is 1. The summed E-state index contributed by atoms with van der Waals surface area (Å²) in [4.78, 5) is 28.5. The molecule has 2 fully saturated rings. The lowest BCUT2D eigenvalue weighted by Gasteiger charge is -2.32. The summed E-state index contributed by atoms with van der Waals surface area (Å²) >= 11 is 0. The Morgan fingerprint density at radius 1 is 1.28 bits per heavy atom. The van der Waals surface area contributed by atoms with Gasteiger partial charge < -0.3 is 20.5 Å². The SMILES string of the molecule is C[C@H]1[C@@H](c2ccc(F)c(F)c2OCCC2(C#N)CC2)[C@H](C(=O)Nc2ccnc(C(N)=O)c2)O[C@@]1(C)C(F)(F)F. The molecule has 2 aliphatic rings. The number of nitrogens with one attached hydrogen (secondary N) is 1. The van der Waals surface area contributed by atoms with Crippen LogP contribution in [0, 0.1) is 34.3 Å². The van der Waals surface area contributed by atoms with Crippen molar-refractivity contribution in [1.29, 1.82) is 5.26 Å². The Bertz CT molecular complexity index is 1340. The number of carbonyl (C=O) groups excluding carboxylic acids is 2. The van der Waals surface area contributed by atoms with Crippen LogP contribution in [-0.4, -0.2) is 41.3 Å². The monoisotopic (exact) mass is 552 g/mol. The summed E-state index contributed by atoms with van der Waals surface area (Å²) in [5.74, 6) is -8.17. The Morgan fingerprint density at radius 3 is 2.56 bits per heavy atom. The maximum Gasteiger partial charge on any atom is 0.417 e. The lowest BCUT2D eigenvalue weighted by Crippen LogP contribution is -2.47. The summed E-state index contributed by atoms with van der Waals surface area (Å²) < 4.78 is 82.7. The number of amides is 2. The molecule has 4 rings (SSSR count). The number of benzene rings is 1. The Kier molecular flexibility index (Phi) is 7.29. The molecular formula is C26H25F5N4O4. The highest BCUT2D eigenvalue weighted by Gasteiger charge is 2.66.